The van der Waals surface area contributed by atoms with Crippen LogP contribution >= 0.6 is 34.5 Å². The molecule has 1 aromatic carbocycles. The Labute approximate surface area is 166 Å². The summed E-state index contributed by atoms with van der Waals surface area (Å²) >= 11 is 13.7. The number of anilines is 1. The Morgan fingerprint density at radius 3 is 2.54 bits per heavy atom. The van der Waals surface area contributed by atoms with Crippen molar-refractivity contribution in [2.75, 3.05) is 31.1 Å². The fourth-order valence-electron chi connectivity index (χ4n) is 3.53. The zero-order valence-corrected chi connectivity index (χ0v) is 16.9. The topological polar surface area (TPSA) is 39.3 Å². The molecule has 1 N–H and O–H groups in total. The lowest BCUT2D eigenvalue weighted by Crippen LogP contribution is -2.48. The van der Waals surface area contributed by atoms with Gasteiger partial charge in [-0.3, -0.25) is 4.79 Å². The highest BCUT2D eigenvalue weighted by Crippen LogP contribution is 2.38. The summed E-state index contributed by atoms with van der Waals surface area (Å²) in [5, 5.41) is 1.12. The van der Waals surface area contributed by atoms with E-state index < -0.39 is 0 Å². The second-order valence-corrected chi connectivity index (χ2v) is 8.88. The van der Waals surface area contributed by atoms with Gasteiger partial charge in [-0.05, 0) is 31.5 Å². The number of aromatic nitrogens is 1. The highest BCUT2D eigenvalue weighted by atomic mass is 35.5. The van der Waals surface area contributed by atoms with Crippen molar-refractivity contribution in [1.82, 2.24) is 9.88 Å². The zero-order chi connectivity index (χ0) is 18.4. The Morgan fingerprint density at radius 1 is 1.15 bits per heavy atom. The van der Waals surface area contributed by atoms with E-state index in [1.54, 1.807) is 0 Å². The summed E-state index contributed by atoms with van der Waals surface area (Å²) in [6, 6.07) is 7.82. The van der Waals surface area contributed by atoms with Crippen molar-refractivity contribution >= 4 is 57.0 Å². The molecule has 0 saturated carbocycles. The lowest BCUT2D eigenvalue weighted by molar-refractivity contribution is 0.0748. The van der Waals surface area contributed by atoms with Gasteiger partial charge in [0.2, 0.25) is 0 Å². The number of thiophene rings is 1. The zero-order valence-electron chi connectivity index (χ0n) is 14.6. The summed E-state index contributed by atoms with van der Waals surface area (Å²) in [6.45, 7) is 6.94. The maximum Gasteiger partial charge on any atom is 0.256 e. The van der Waals surface area contributed by atoms with Crippen LogP contribution in [0.5, 0.6) is 0 Å². The molecule has 1 saturated heterocycles. The quantitative estimate of drug-likeness (QED) is 0.640. The molecule has 1 aliphatic rings. The molecular weight excluding hydrogens is 389 g/mol. The van der Waals surface area contributed by atoms with Crippen LogP contribution in [0.2, 0.25) is 8.67 Å². The minimum Gasteiger partial charge on any atom is -0.366 e. The van der Waals surface area contributed by atoms with Crippen LogP contribution in [0.15, 0.2) is 24.3 Å². The summed E-state index contributed by atoms with van der Waals surface area (Å²) in [5.74, 6) is 0.0750. The number of carbonyl (C=O) groups is 1. The number of nitrogens with one attached hydrogen (secondary N) is 1. The van der Waals surface area contributed by atoms with Crippen molar-refractivity contribution in [2.24, 2.45) is 0 Å². The molecule has 0 radical (unpaired) electrons. The fraction of sp³-hybridized carbons (Fsp3) is 0.316. The standard InChI is InChI=1S/C19H19Cl2N3OS/c1-11-12(2)22-17-13(11)4-3-5-14(17)19(25)24-8-6-23(7-9-24)15-10-16(20)26-18(15)21/h3-5,10,22H,6-9H2,1-2H3. The van der Waals surface area contributed by atoms with E-state index >= 15 is 0 Å². The smallest absolute Gasteiger partial charge is 0.256 e. The number of halogens is 2. The fourth-order valence-corrected chi connectivity index (χ4v) is 5.04. The van der Waals surface area contributed by atoms with Crippen molar-refractivity contribution in [3.05, 3.63) is 49.8 Å². The molecule has 7 heteroatoms. The van der Waals surface area contributed by atoms with Crippen molar-refractivity contribution in [3.8, 4) is 0 Å². The highest BCUT2D eigenvalue weighted by Gasteiger charge is 2.25. The summed E-state index contributed by atoms with van der Waals surface area (Å²) in [7, 11) is 0. The first-order valence-electron chi connectivity index (χ1n) is 8.52. The molecule has 26 heavy (non-hydrogen) atoms. The molecular formula is C19H19Cl2N3OS. The lowest BCUT2D eigenvalue weighted by Gasteiger charge is -2.35. The average Bonchev–Trinajstić information content (AvgIpc) is 3.13. The number of hydrogen-bond acceptors (Lipinski definition) is 3. The number of fused-ring (bicyclic) bond motifs is 1. The normalized spacial score (nSPS) is 15.1. The first-order chi connectivity index (χ1) is 12.5. The van der Waals surface area contributed by atoms with Gasteiger partial charge in [0.05, 0.1) is 21.1 Å². The minimum absolute atomic E-state index is 0.0750. The number of piperazine rings is 1. The Bertz CT molecular complexity index is 986. The van der Waals surface area contributed by atoms with Gasteiger partial charge in [-0.2, -0.15) is 0 Å². The monoisotopic (exact) mass is 407 g/mol. The number of benzene rings is 1. The average molecular weight is 408 g/mol. The maximum atomic E-state index is 13.1. The molecule has 1 aliphatic heterocycles. The summed E-state index contributed by atoms with van der Waals surface area (Å²) in [4.78, 5) is 20.6. The first kappa shape index (κ1) is 17.7. The number of nitrogens with zero attached hydrogens (tertiary/aromatic N) is 2. The third-order valence-electron chi connectivity index (χ3n) is 5.12. The van der Waals surface area contributed by atoms with E-state index in [1.165, 1.54) is 16.9 Å². The molecule has 0 aliphatic carbocycles. The molecule has 3 aromatic rings. The second kappa shape index (κ2) is 6.80. The Balaban J connectivity index is 1.54. The summed E-state index contributed by atoms with van der Waals surface area (Å²) in [6.07, 6.45) is 0. The largest absolute Gasteiger partial charge is 0.366 e. The Hall–Kier alpha value is -1.69. The summed E-state index contributed by atoms with van der Waals surface area (Å²) < 4.78 is 1.39. The number of hydrogen-bond donors (Lipinski definition) is 1. The van der Waals surface area contributed by atoms with Gasteiger partial charge in [0.15, 0.2) is 0 Å². The molecule has 0 unspecified atom stereocenters. The number of para-hydroxylation sites is 1. The van der Waals surface area contributed by atoms with E-state index in [4.69, 9.17) is 23.2 Å². The molecule has 4 nitrogen and oxygen atoms in total. The SMILES string of the molecule is Cc1[nH]c2c(C(=O)N3CCN(c4cc(Cl)sc4Cl)CC3)cccc2c1C. The first-order valence-corrected chi connectivity index (χ1v) is 10.1. The van der Waals surface area contributed by atoms with Crippen molar-refractivity contribution < 1.29 is 4.79 Å². The third-order valence-corrected chi connectivity index (χ3v) is 6.59. The van der Waals surface area contributed by atoms with Crippen LogP contribution in [-0.2, 0) is 0 Å². The molecule has 1 fully saturated rings. The number of H-pyrrole nitrogens is 1. The van der Waals surface area contributed by atoms with Crippen molar-refractivity contribution in [2.45, 2.75) is 13.8 Å². The number of aryl methyl sites for hydroxylation is 2. The van der Waals surface area contributed by atoms with Crippen LogP contribution < -0.4 is 4.90 Å². The van der Waals surface area contributed by atoms with Crippen LogP contribution in [0.3, 0.4) is 0 Å². The molecule has 1 amide bonds. The molecule has 0 bridgehead atoms. The van der Waals surface area contributed by atoms with E-state index in [9.17, 15) is 4.79 Å². The van der Waals surface area contributed by atoms with E-state index in [0.717, 1.165) is 40.9 Å². The number of amides is 1. The third kappa shape index (κ3) is 2.98. The lowest BCUT2D eigenvalue weighted by atomic mass is 10.1. The van der Waals surface area contributed by atoms with Crippen LogP contribution in [0.1, 0.15) is 21.6 Å². The molecule has 0 spiro atoms. The van der Waals surface area contributed by atoms with Gasteiger partial charge in [0.25, 0.3) is 5.91 Å². The van der Waals surface area contributed by atoms with E-state index in [-0.39, 0.29) is 5.91 Å². The molecule has 2 aromatic heterocycles. The predicted molar refractivity (Wildman–Crippen MR) is 110 cm³/mol. The van der Waals surface area contributed by atoms with Gasteiger partial charge in [0.1, 0.15) is 4.34 Å². The van der Waals surface area contributed by atoms with Gasteiger partial charge in [-0.1, -0.05) is 35.3 Å². The van der Waals surface area contributed by atoms with Crippen molar-refractivity contribution in [1.29, 1.82) is 0 Å². The predicted octanol–water partition coefficient (Wildman–Crippen LogP) is 5.12. The Morgan fingerprint density at radius 2 is 1.88 bits per heavy atom. The van der Waals surface area contributed by atoms with Gasteiger partial charge in [-0.15, -0.1) is 11.3 Å². The van der Waals surface area contributed by atoms with Crippen LogP contribution in [0.25, 0.3) is 10.9 Å². The van der Waals surface area contributed by atoms with Crippen molar-refractivity contribution in [3.63, 3.8) is 0 Å². The van der Waals surface area contributed by atoms with E-state index in [2.05, 4.69) is 22.9 Å². The minimum atomic E-state index is 0.0750. The van der Waals surface area contributed by atoms with E-state index in [1.807, 2.05) is 30.0 Å². The molecule has 136 valence electrons. The van der Waals surface area contributed by atoms with E-state index in [0.29, 0.717) is 21.8 Å². The van der Waals surface area contributed by atoms with Crippen LogP contribution in [0.4, 0.5) is 5.69 Å². The van der Waals surface area contributed by atoms with Gasteiger partial charge < -0.3 is 14.8 Å². The number of rotatable bonds is 2. The van der Waals surface area contributed by atoms with Gasteiger partial charge in [-0.25, -0.2) is 0 Å². The van der Waals surface area contributed by atoms with Crippen LogP contribution in [-0.4, -0.2) is 42.0 Å². The maximum absolute atomic E-state index is 13.1. The number of aromatic amines is 1. The Kier molecular flexibility index (Phi) is 4.63. The molecule has 4 rings (SSSR count). The highest BCUT2D eigenvalue weighted by molar-refractivity contribution is 7.20. The molecule has 0 atom stereocenters. The number of carbonyl (C=O) groups excluding carboxylic acids is 1. The summed E-state index contributed by atoms with van der Waals surface area (Å²) in [5.41, 5.74) is 4.94. The van der Waals surface area contributed by atoms with Gasteiger partial charge >= 0.3 is 0 Å². The van der Waals surface area contributed by atoms with Crippen LogP contribution in [0, 0.1) is 13.8 Å². The van der Waals surface area contributed by atoms with Gasteiger partial charge in [0, 0.05) is 37.3 Å². The second-order valence-electron chi connectivity index (χ2n) is 6.59. The molecule has 3 heterocycles.